The maximum Gasteiger partial charge on any atom is 0.216 e. The molecule has 5 nitrogen and oxygen atoms in total. The molecule has 0 saturated carbocycles. The normalized spacial score (nSPS) is 10.3. The van der Waals surface area contributed by atoms with Crippen LogP contribution in [0.3, 0.4) is 0 Å². The highest BCUT2D eigenvalue weighted by molar-refractivity contribution is 5.72. The van der Waals surface area contributed by atoms with Gasteiger partial charge in [-0.05, 0) is 42.8 Å². The van der Waals surface area contributed by atoms with Crippen molar-refractivity contribution in [1.29, 1.82) is 0 Å². The molecule has 2 aromatic rings. The Kier molecular flexibility index (Phi) is 5.41. The monoisotopic (exact) mass is 302 g/mol. The molecule has 0 aliphatic carbocycles. The van der Waals surface area contributed by atoms with Gasteiger partial charge in [-0.2, -0.15) is 0 Å². The number of amides is 1. The molecule has 0 aliphatic heterocycles. The summed E-state index contributed by atoms with van der Waals surface area (Å²) >= 11 is 0. The molecular formula is C16H19FN4O. The maximum absolute atomic E-state index is 12.9. The van der Waals surface area contributed by atoms with E-state index in [2.05, 4.69) is 15.5 Å². The molecule has 0 saturated heterocycles. The predicted octanol–water partition coefficient (Wildman–Crippen LogP) is 2.25. The SMILES string of the molecule is CC(=O)NCCCN(C)c1ccc(-c2ccc(F)cc2)nn1. The van der Waals surface area contributed by atoms with Gasteiger partial charge in [0.1, 0.15) is 5.82 Å². The van der Waals surface area contributed by atoms with Gasteiger partial charge >= 0.3 is 0 Å². The lowest BCUT2D eigenvalue weighted by Crippen LogP contribution is -2.26. The predicted molar refractivity (Wildman–Crippen MR) is 84.0 cm³/mol. The first-order valence-electron chi connectivity index (χ1n) is 7.11. The third-order valence-corrected chi connectivity index (χ3v) is 3.23. The van der Waals surface area contributed by atoms with Crippen LogP contribution < -0.4 is 10.2 Å². The summed E-state index contributed by atoms with van der Waals surface area (Å²) in [6.07, 6.45) is 0.831. The molecule has 0 aliphatic rings. The van der Waals surface area contributed by atoms with Crippen LogP contribution in [0.2, 0.25) is 0 Å². The zero-order valence-electron chi connectivity index (χ0n) is 12.7. The molecule has 0 bridgehead atoms. The van der Waals surface area contributed by atoms with Crippen molar-refractivity contribution in [2.24, 2.45) is 0 Å². The molecule has 0 radical (unpaired) electrons. The molecule has 1 amide bonds. The van der Waals surface area contributed by atoms with Crippen molar-refractivity contribution in [1.82, 2.24) is 15.5 Å². The van der Waals surface area contributed by atoms with Gasteiger partial charge in [-0.3, -0.25) is 4.79 Å². The zero-order valence-corrected chi connectivity index (χ0v) is 12.7. The number of rotatable bonds is 6. The Hall–Kier alpha value is -2.50. The Morgan fingerprint density at radius 3 is 2.50 bits per heavy atom. The number of hydrogen-bond donors (Lipinski definition) is 1. The molecule has 116 valence electrons. The summed E-state index contributed by atoms with van der Waals surface area (Å²) in [5.74, 6) is 0.465. The van der Waals surface area contributed by atoms with Crippen LogP contribution in [0, 0.1) is 5.82 Å². The Bertz CT molecular complexity index is 613. The summed E-state index contributed by atoms with van der Waals surface area (Å²) in [6, 6.07) is 9.90. The Balaban J connectivity index is 1.93. The molecule has 22 heavy (non-hydrogen) atoms. The number of hydrogen-bond acceptors (Lipinski definition) is 4. The van der Waals surface area contributed by atoms with E-state index in [4.69, 9.17) is 0 Å². The second-order valence-electron chi connectivity index (χ2n) is 5.04. The van der Waals surface area contributed by atoms with Crippen LogP contribution >= 0.6 is 0 Å². The fourth-order valence-corrected chi connectivity index (χ4v) is 2.00. The van der Waals surface area contributed by atoms with Gasteiger partial charge in [0, 0.05) is 32.6 Å². The molecule has 0 spiro atoms. The molecular weight excluding hydrogens is 283 g/mol. The van der Waals surface area contributed by atoms with Gasteiger partial charge in [0.2, 0.25) is 5.91 Å². The second-order valence-corrected chi connectivity index (χ2v) is 5.04. The molecule has 0 fully saturated rings. The van der Waals surface area contributed by atoms with E-state index in [1.165, 1.54) is 19.1 Å². The molecule has 0 atom stereocenters. The zero-order chi connectivity index (χ0) is 15.9. The van der Waals surface area contributed by atoms with Crippen LogP contribution in [-0.2, 0) is 4.79 Å². The summed E-state index contributed by atoms with van der Waals surface area (Å²) in [4.78, 5) is 12.8. The Morgan fingerprint density at radius 1 is 1.18 bits per heavy atom. The summed E-state index contributed by atoms with van der Waals surface area (Å²) in [7, 11) is 1.93. The van der Waals surface area contributed by atoms with E-state index in [0.29, 0.717) is 12.2 Å². The Labute approximate surface area is 129 Å². The number of anilines is 1. The lowest BCUT2D eigenvalue weighted by molar-refractivity contribution is -0.118. The highest BCUT2D eigenvalue weighted by Crippen LogP contribution is 2.18. The smallest absolute Gasteiger partial charge is 0.216 e. The fraction of sp³-hybridized carbons (Fsp3) is 0.312. The Morgan fingerprint density at radius 2 is 1.91 bits per heavy atom. The molecule has 0 unspecified atom stereocenters. The van der Waals surface area contributed by atoms with Crippen LogP contribution in [-0.4, -0.2) is 36.2 Å². The van der Waals surface area contributed by atoms with Gasteiger partial charge in [-0.25, -0.2) is 4.39 Å². The van der Waals surface area contributed by atoms with E-state index in [-0.39, 0.29) is 11.7 Å². The average molecular weight is 302 g/mol. The maximum atomic E-state index is 12.9. The number of halogens is 1. The highest BCUT2D eigenvalue weighted by atomic mass is 19.1. The van der Waals surface area contributed by atoms with Crippen molar-refractivity contribution in [3.8, 4) is 11.3 Å². The number of carbonyl (C=O) groups excluding carboxylic acids is 1. The first kappa shape index (κ1) is 15.9. The van der Waals surface area contributed by atoms with Gasteiger partial charge in [0.15, 0.2) is 5.82 Å². The number of aromatic nitrogens is 2. The minimum atomic E-state index is -0.271. The molecule has 6 heteroatoms. The van der Waals surface area contributed by atoms with E-state index < -0.39 is 0 Å². The van der Waals surface area contributed by atoms with Crippen molar-refractivity contribution in [3.63, 3.8) is 0 Å². The van der Waals surface area contributed by atoms with E-state index >= 15 is 0 Å². The molecule has 1 heterocycles. The number of nitrogens with zero attached hydrogens (tertiary/aromatic N) is 3. The minimum Gasteiger partial charge on any atom is -0.358 e. The lowest BCUT2D eigenvalue weighted by atomic mass is 10.1. The summed E-state index contributed by atoms with van der Waals surface area (Å²) in [5.41, 5.74) is 1.53. The average Bonchev–Trinajstić information content (AvgIpc) is 2.52. The molecule has 2 rings (SSSR count). The van der Waals surface area contributed by atoms with Crippen molar-refractivity contribution in [2.75, 3.05) is 25.0 Å². The van der Waals surface area contributed by atoms with Crippen LogP contribution in [0.25, 0.3) is 11.3 Å². The standard InChI is InChI=1S/C16H19FN4O/c1-12(22)18-10-3-11-21(2)16-9-8-15(19-20-16)13-4-6-14(17)7-5-13/h4-9H,3,10-11H2,1-2H3,(H,18,22). The topological polar surface area (TPSA) is 58.1 Å². The first-order valence-corrected chi connectivity index (χ1v) is 7.11. The van der Waals surface area contributed by atoms with E-state index in [1.54, 1.807) is 12.1 Å². The van der Waals surface area contributed by atoms with Crippen LogP contribution in [0.5, 0.6) is 0 Å². The lowest BCUT2D eigenvalue weighted by Gasteiger charge is -2.17. The highest BCUT2D eigenvalue weighted by Gasteiger charge is 2.05. The number of nitrogens with one attached hydrogen (secondary N) is 1. The fourth-order valence-electron chi connectivity index (χ4n) is 2.00. The third kappa shape index (κ3) is 4.51. The summed E-state index contributed by atoms with van der Waals surface area (Å²) in [5, 5.41) is 11.1. The van der Waals surface area contributed by atoms with Crippen molar-refractivity contribution in [2.45, 2.75) is 13.3 Å². The van der Waals surface area contributed by atoms with Gasteiger partial charge in [0.05, 0.1) is 5.69 Å². The van der Waals surface area contributed by atoms with Gasteiger partial charge in [-0.15, -0.1) is 10.2 Å². The van der Waals surface area contributed by atoms with E-state index in [9.17, 15) is 9.18 Å². The molecule has 1 aromatic carbocycles. The molecule has 1 N–H and O–H groups in total. The third-order valence-electron chi connectivity index (χ3n) is 3.23. The van der Waals surface area contributed by atoms with E-state index in [0.717, 1.165) is 24.3 Å². The van der Waals surface area contributed by atoms with Gasteiger partial charge in [0.25, 0.3) is 0 Å². The van der Waals surface area contributed by atoms with Crippen LogP contribution in [0.1, 0.15) is 13.3 Å². The number of benzene rings is 1. The summed E-state index contributed by atoms with van der Waals surface area (Å²) in [6.45, 7) is 2.91. The van der Waals surface area contributed by atoms with E-state index in [1.807, 2.05) is 24.1 Å². The van der Waals surface area contributed by atoms with Crippen molar-refractivity contribution >= 4 is 11.7 Å². The van der Waals surface area contributed by atoms with Crippen molar-refractivity contribution in [3.05, 3.63) is 42.2 Å². The van der Waals surface area contributed by atoms with Gasteiger partial charge < -0.3 is 10.2 Å². The largest absolute Gasteiger partial charge is 0.358 e. The van der Waals surface area contributed by atoms with Crippen molar-refractivity contribution < 1.29 is 9.18 Å². The molecule has 1 aromatic heterocycles. The van der Waals surface area contributed by atoms with Gasteiger partial charge in [-0.1, -0.05) is 0 Å². The summed E-state index contributed by atoms with van der Waals surface area (Å²) < 4.78 is 12.9. The van der Waals surface area contributed by atoms with Crippen LogP contribution in [0.4, 0.5) is 10.2 Å². The second kappa shape index (κ2) is 7.49. The first-order chi connectivity index (χ1) is 10.6. The number of carbonyl (C=O) groups is 1. The quantitative estimate of drug-likeness (QED) is 0.832. The minimum absolute atomic E-state index is 0.0221. The van der Waals surface area contributed by atoms with Crippen LogP contribution in [0.15, 0.2) is 36.4 Å².